The number of esters is 1. The molecule has 8 fully saturated rings. The molecule has 0 aromatic heterocycles. The van der Waals surface area contributed by atoms with Crippen molar-refractivity contribution in [3.8, 4) is 0 Å². The van der Waals surface area contributed by atoms with Crippen LogP contribution < -0.4 is 0 Å². The van der Waals surface area contributed by atoms with Crippen LogP contribution in [0.25, 0.3) is 0 Å². The van der Waals surface area contributed by atoms with Gasteiger partial charge in [-0.05, 0) is 98.7 Å². The smallest absolute Gasteiger partial charge is 0.315 e. The summed E-state index contributed by atoms with van der Waals surface area (Å²) in [6, 6.07) is 0. The fourth-order valence-corrected chi connectivity index (χ4v) is 16.5. The maximum atomic E-state index is 15.4. The Morgan fingerprint density at radius 3 is 1.88 bits per heavy atom. The molecule has 4 heterocycles. The SMILES string of the molecule is C[C@@H]1O[C@@H](OC(=O)[C@]23CCC(C)(C)C[C@H]2C2=CC[C@@H]4[C@@]5(C)C[C@H](O)[C@H](O[C@@H]6O[C@H](CO)[C@@H](O)[C@H](O)[C@H]6O)[C@@](C)(CO)[C@@H]5[C@H](O)C[C@@]4(C)[C@]2(C)CC3)[C@H](O[C@@H]2O[C@@H](C)[C@H](O[C@@H]3OC[C@@H](O)[C@H](O)[C@H]3O)[C@@H](O)[C@H]2O)[C@H](O)[C@H]1O. The molecule has 0 unspecified atom stereocenters. The number of carbonyl (C=O) groups is 1. The van der Waals surface area contributed by atoms with Crippen molar-refractivity contribution < 1.29 is 114 Å². The molecule has 4 saturated heterocycles. The number of hydrogen-bond donors (Lipinski definition) is 14. The average Bonchev–Trinajstić information content (AvgIpc) is 3.56. The van der Waals surface area contributed by atoms with Gasteiger partial charge in [0.15, 0.2) is 25.0 Å². The van der Waals surface area contributed by atoms with Crippen molar-refractivity contribution in [3.63, 3.8) is 0 Å². The average molecular weight is 1090 g/mol. The number of carbonyl (C=O) groups excluding carboxylic acids is 1. The van der Waals surface area contributed by atoms with Crippen LogP contribution in [0.4, 0.5) is 0 Å². The van der Waals surface area contributed by atoms with E-state index in [-0.39, 0.29) is 36.7 Å². The summed E-state index contributed by atoms with van der Waals surface area (Å²) >= 11 is 0. The van der Waals surface area contributed by atoms with Crippen LogP contribution in [0.3, 0.4) is 0 Å². The molecular weight excluding hydrogens is 1000 g/mol. The molecule has 0 radical (unpaired) electrons. The highest BCUT2D eigenvalue weighted by atomic mass is 16.8. The van der Waals surface area contributed by atoms with Crippen molar-refractivity contribution in [3.05, 3.63) is 11.6 Å². The fourth-order valence-electron chi connectivity index (χ4n) is 16.5. The summed E-state index contributed by atoms with van der Waals surface area (Å²) < 4.78 is 47.6. The van der Waals surface area contributed by atoms with E-state index < -0.39 is 187 Å². The third-order valence-electron chi connectivity index (χ3n) is 20.9. The third-order valence-corrected chi connectivity index (χ3v) is 20.9. The van der Waals surface area contributed by atoms with Crippen molar-refractivity contribution in [2.45, 2.75) is 242 Å². The van der Waals surface area contributed by atoms with E-state index in [4.69, 9.17) is 37.9 Å². The lowest BCUT2D eigenvalue weighted by atomic mass is 9.33. The minimum absolute atomic E-state index is 0.119. The largest absolute Gasteiger partial charge is 0.432 e. The highest BCUT2D eigenvalue weighted by molar-refractivity contribution is 5.79. The Balaban J connectivity index is 0.968. The molecule has 76 heavy (non-hydrogen) atoms. The number of aliphatic hydroxyl groups excluding tert-OH is 14. The molecule has 0 aromatic carbocycles. The summed E-state index contributed by atoms with van der Waals surface area (Å²) in [5, 5.41) is 154. The monoisotopic (exact) mass is 1090 g/mol. The summed E-state index contributed by atoms with van der Waals surface area (Å²) in [6.45, 7) is 13.8. The second kappa shape index (κ2) is 21.0. The van der Waals surface area contributed by atoms with Crippen LogP contribution in [0.15, 0.2) is 11.6 Å². The Hall–Kier alpha value is -1.63. The third kappa shape index (κ3) is 9.27. The second-order valence-electron chi connectivity index (χ2n) is 26.0. The minimum atomic E-state index is -1.88. The van der Waals surface area contributed by atoms with Crippen LogP contribution in [0, 0.1) is 50.2 Å². The second-order valence-corrected chi connectivity index (χ2v) is 26.0. The number of aliphatic hydroxyl groups is 14. The Bertz CT molecular complexity index is 2120. The first-order chi connectivity index (χ1) is 35.4. The fraction of sp³-hybridized carbons (Fsp3) is 0.943. The number of rotatable bonds is 10. The quantitative estimate of drug-likeness (QED) is 0.0615. The molecule has 436 valence electrons. The summed E-state index contributed by atoms with van der Waals surface area (Å²) in [7, 11) is 0. The van der Waals surface area contributed by atoms with E-state index in [1.807, 2.05) is 6.92 Å². The summed E-state index contributed by atoms with van der Waals surface area (Å²) in [6.07, 6.45) is -27.5. The Labute approximate surface area is 442 Å². The first kappa shape index (κ1) is 59.0. The van der Waals surface area contributed by atoms with Gasteiger partial charge >= 0.3 is 5.97 Å². The number of hydrogen-bond acceptors (Lipinski definition) is 23. The van der Waals surface area contributed by atoms with Crippen molar-refractivity contribution in [1.29, 1.82) is 0 Å². The topological polar surface area (TPSA) is 374 Å². The molecular formula is C53H86O23. The zero-order valence-corrected chi connectivity index (χ0v) is 44.7. The lowest BCUT2D eigenvalue weighted by Crippen LogP contribution is -2.72. The molecule has 30 atom stereocenters. The van der Waals surface area contributed by atoms with Gasteiger partial charge in [-0.25, -0.2) is 0 Å². The van der Waals surface area contributed by atoms with Gasteiger partial charge in [0.2, 0.25) is 6.29 Å². The van der Waals surface area contributed by atoms with Gasteiger partial charge < -0.3 is 109 Å². The standard InChI is InChI=1S/C53H86O23/c1-21-30(59)34(63)40(74-44-38(67)35(64)39(22(2)71-44)73-43-36(65)31(60)27(58)19-69-43)46(70-21)76-47(68)53-13-11-48(3,4)15-24(53)23-9-10-29-49(5)16-26(57)42(75-45-37(66)33(62)32(61)28(18-54)72-45)50(6,20-55)41(49)25(56)17-52(29,8)51(23,7)12-14-53/h9,21-22,24-46,54-67H,10-20H2,1-8H3/t21-,22-,24-,25+,26-,27+,28+,29+,30-,31-,32+,33-,34+,35-,36+,37+,38+,39-,40+,41+,42-,43-,44-,45-,46-,49+,50-,51+,52+,53-/m0/s1. The van der Waals surface area contributed by atoms with Gasteiger partial charge in [0.1, 0.15) is 73.2 Å². The Kier molecular flexibility index (Phi) is 16.3. The number of allylic oxidation sites excluding steroid dienone is 2. The molecule has 0 aromatic rings. The van der Waals surface area contributed by atoms with Crippen LogP contribution >= 0.6 is 0 Å². The number of ether oxygens (including phenoxy) is 8. The predicted molar refractivity (Wildman–Crippen MR) is 258 cm³/mol. The lowest BCUT2D eigenvalue weighted by Gasteiger charge is -2.72. The van der Waals surface area contributed by atoms with Gasteiger partial charge in [-0.2, -0.15) is 0 Å². The van der Waals surface area contributed by atoms with Crippen LogP contribution in [-0.4, -0.2) is 232 Å². The summed E-state index contributed by atoms with van der Waals surface area (Å²) in [5.41, 5.74) is -3.69. The lowest BCUT2D eigenvalue weighted by molar-refractivity contribution is -0.373. The molecule has 23 nitrogen and oxygen atoms in total. The van der Waals surface area contributed by atoms with Crippen LogP contribution in [0.2, 0.25) is 0 Å². The van der Waals surface area contributed by atoms with Crippen LogP contribution in [0.1, 0.15) is 107 Å². The van der Waals surface area contributed by atoms with Crippen LogP contribution in [0.5, 0.6) is 0 Å². The maximum Gasteiger partial charge on any atom is 0.315 e. The zero-order chi connectivity index (χ0) is 55.7. The summed E-state index contributed by atoms with van der Waals surface area (Å²) in [5.74, 6) is -1.82. The Morgan fingerprint density at radius 1 is 0.605 bits per heavy atom. The highest BCUT2D eigenvalue weighted by Gasteiger charge is 2.73. The van der Waals surface area contributed by atoms with Gasteiger partial charge in [0, 0.05) is 11.3 Å². The number of fused-ring (bicyclic) bond motifs is 7. The molecule has 0 amide bonds. The molecule has 23 heteroatoms. The van der Waals surface area contributed by atoms with Gasteiger partial charge in [0.05, 0.1) is 55.8 Å². The van der Waals surface area contributed by atoms with Crippen LogP contribution in [-0.2, 0) is 42.7 Å². The Morgan fingerprint density at radius 2 is 1.21 bits per heavy atom. The minimum Gasteiger partial charge on any atom is -0.432 e. The van der Waals surface area contributed by atoms with Gasteiger partial charge in [0.25, 0.3) is 0 Å². The van der Waals surface area contributed by atoms with Gasteiger partial charge in [-0.3, -0.25) is 4.79 Å². The van der Waals surface area contributed by atoms with Crippen molar-refractivity contribution in [2.24, 2.45) is 50.2 Å². The van der Waals surface area contributed by atoms with Crippen molar-refractivity contribution >= 4 is 5.97 Å². The normalized spacial score (nSPS) is 56.2. The molecule has 0 spiro atoms. The molecule has 5 aliphatic carbocycles. The van der Waals surface area contributed by atoms with Gasteiger partial charge in [-0.15, -0.1) is 0 Å². The molecule has 9 rings (SSSR count). The first-order valence-electron chi connectivity index (χ1n) is 27.3. The molecule has 14 N–H and O–H groups in total. The van der Waals surface area contributed by atoms with E-state index >= 15 is 4.79 Å². The predicted octanol–water partition coefficient (Wildman–Crippen LogP) is -2.43. The molecule has 0 bridgehead atoms. The van der Waals surface area contributed by atoms with E-state index in [0.717, 1.165) is 5.57 Å². The molecule has 9 aliphatic rings. The van der Waals surface area contributed by atoms with E-state index in [1.165, 1.54) is 13.8 Å². The van der Waals surface area contributed by atoms with Crippen molar-refractivity contribution in [2.75, 3.05) is 19.8 Å². The zero-order valence-electron chi connectivity index (χ0n) is 44.7. The van der Waals surface area contributed by atoms with E-state index in [9.17, 15) is 71.5 Å². The maximum absolute atomic E-state index is 15.4. The van der Waals surface area contributed by atoms with Crippen molar-refractivity contribution in [1.82, 2.24) is 0 Å². The summed E-state index contributed by atoms with van der Waals surface area (Å²) in [4.78, 5) is 15.4. The first-order valence-corrected chi connectivity index (χ1v) is 27.3. The molecule has 4 saturated carbocycles. The molecule has 4 aliphatic heterocycles. The van der Waals surface area contributed by atoms with E-state index in [0.29, 0.717) is 38.5 Å². The van der Waals surface area contributed by atoms with Gasteiger partial charge in [-0.1, -0.05) is 53.2 Å². The van der Waals surface area contributed by atoms with E-state index in [2.05, 4.69) is 33.8 Å². The highest BCUT2D eigenvalue weighted by Crippen LogP contribution is 2.76. The van der Waals surface area contributed by atoms with E-state index in [1.54, 1.807) is 6.92 Å².